The number of rotatable bonds is 7. The lowest BCUT2D eigenvalue weighted by Crippen LogP contribution is -2.49. The average molecular weight is 362 g/mol. The van der Waals surface area contributed by atoms with E-state index in [1.165, 1.54) is 0 Å². The molecule has 0 radical (unpaired) electrons. The number of carbonyl (C=O) groups excluding carboxylic acids is 2. The van der Waals surface area contributed by atoms with Crippen LogP contribution in [0.15, 0.2) is 24.3 Å². The van der Waals surface area contributed by atoms with Crippen molar-refractivity contribution in [3.63, 3.8) is 0 Å². The molecule has 144 valence electrons. The van der Waals surface area contributed by atoms with Crippen LogP contribution in [-0.4, -0.2) is 54.7 Å². The Kier molecular flexibility index (Phi) is 7.60. The van der Waals surface area contributed by atoms with Crippen LogP contribution in [0.1, 0.15) is 50.9 Å². The standard InChI is InChI=1S/C20H30N2O4/c1-5-25-18-7-6-12-22(13-18)15(4)19(23)21-17-10-8-16(9-11-17)20(24)26-14(2)3/h8-11,14-15,18H,5-7,12-13H2,1-4H3,(H,21,23). The van der Waals surface area contributed by atoms with E-state index in [4.69, 9.17) is 9.47 Å². The second-order valence-electron chi connectivity index (χ2n) is 6.91. The van der Waals surface area contributed by atoms with Gasteiger partial charge in [0.2, 0.25) is 5.91 Å². The third-order valence-corrected chi connectivity index (χ3v) is 4.47. The largest absolute Gasteiger partial charge is 0.459 e. The summed E-state index contributed by atoms with van der Waals surface area (Å²) in [5.41, 5.74) is 1.14. The number of nitrogens with zero attached hydrogens (tertiary/aromatic N) is 1. The quantitative estimate of drug-likeness (QED) is 0.755. The molecule has 2 atom stereocenters. The van der Waals surface area contributed by atoms with Gasteiger partial charge in [0.05, 0.1) is 23.8 Å². The van der Waals surface area contributed by atoms with E-state index in [1.54, 1.807) is 24.3 Å². The van der Waals surface area contributed by atoms with Crippen molar-refractivity contribution in [2.24, 2.45) is 0 Å². The summed E-state index contributed by atoms with van der Waals surface area (Å²) >= 11 is 0. The fourth-order valence-electron chi connectivity index (χ4n) is 3.07. The lowest BCUT2D eigenvalue weighted by Gasteiger charge is -2.35. The summed E-state index contributed by atoms with van der Waals surface area (Å²) in [5, 5.41) is 2.92. The predicted molar refractivity (Wildman–Crippen MR) is 101 cm³/mol. The molecule has 1 aromatic rings. The van der Waals surface area contributed by atoms with Gasteiger partial charge in [0.25, 0.3) is 0 Å². The summed E-state index contributed by atoms with van der Waals surface area (Å²) in [6.07, 6.45) is 2.13. The number of likely N-dealkylation sites (tertiary alicyclic amines) is 1. The molecule has 0 aromatic heterocycles. The first-order valence-electron chi connectivity index (χ1n) is 9.38. The fourth-order valence-corrected chi connectivity index (χ4v) is 3.07. The molecule has 0 spiro atoms. The summed E-state index contributed by atoms with van der Waals surface area (Å²) < 4.78 is 10.9. The maximum atomic E-state index is 12.6. The zero-order valence-electron chi connectivity index (χ0n) is 16.2. The Morgan fingerprint density at radius 1 is 1.23 bits per heavy atom. The van der Waals surface area contributed by atoms with Gasteiger partial charge in [-0.05, 0) is 71.3 Å². The van der Waals surface area contributed by atoms with E-state index in [-0.39, 0.29) is 30.1 Å². The lowest BCUT2D eigenvalue weighted by atomic mass is 10.1. The zero-order chi connectivity index (χ0) is 19.1. The number of nitrogens with one attached hydrogen (secondary N) is 1. The number of ether oxygens (including phenoxy) is 2. The van der Waals surface area contributed by atoms with E-state index in [1.807, 2.05) is 27.7 Å². The Morgan fingerprint density at radius 3 is 2.54 bits per heavy atom. The zero-order valence-corrected chi connectivity index (χ0v) is 16.2. The highest BCUT2D eigenvalue weighted by Gasteiger charge is 2.27. The topological polar surface area (TPSA) is 67.9 Å². The number of benzene rings is 1. The number of hydrogen-bond donors (Lipinski definition) is 1. The second kappa shape index (κ2) is 9.69. The molecule has 0 aliphatic carbocycles. The molecule has 1 aromatic carbocycles. The molecule has 1 N–H and O–H groups in total. The van der Waals surface area contributed by atoms with Crippen molar-refractivity contribution in [2.75, 3.05) is 25.0 Å². The van der Waals surface area contributed by atoms with Gasteiger partial charge in [0.15, 0.2) is 0 Å². The maximum Gasteiger partial charge on any atom is 0.338 e. The van der Waals surface area contributed by atoms with Crippen LogP contribution in [0, 0.1) is 0 Å². The molecule has 1 fully saturated rings. The first-order valence-corrected chi connectivity index (χ1v) is 9.38. The van der Waals surface area contributed by atoms with Crippen molar-refractivity contribution < 1.29 is 19.1 Å². The summed E-state index contributed by atoms with van der Waals surface area (Å²) in [4.78, 5) is 26.6. The van der Waals surface area contributed by atoms with E-state index in [0.717, 1.165) is 25.9 Å². The van der Waals surface area contributed by atoms with Crippen LogP contribution in [0.5, 0.6) is 0 Å². The van der Waals surface area contributed by atoms with Crippen molar-refractivity contribution in [3.05, 3.63) is 29.8 Å². The molecule has 2 rings (SSSR count). The van der Waals surface area contributed by atoms with Gasteiger partial charge < -0.3 is 14.8 Å². The molecule has 6 heteroatoms. The van der Waals surface area contributed by atoms with Crippen molar-refractivity contribution in [1.29, 1.82) is 0 Å². The number of amides is 1. The van der Waals surface area contributed by atoms with E-state index >= 15 is 0 Å². The van der Waals surface area contributed by atoms with Crippen molar-refractivity contribution in [1.82, 2.24) is 4.90 Å². The number of carbonyl (C=O) groups is 2. The summed E-state index contributed by atoms with van der Waals surface area (Å²) in [5.74, 6) is -0.416. The second-order valence-corrected chi connectivity index (χ2v) is 6.91. The molecule has 1 amide bonds. The van der Waals surface area contributed by atoms with Gasteiger partial charge in [0, 0.05) is 18.8 Å². The molecule has 1 aliphatic rings. The monoisotopic (exact) mass is 362 g/mol. The van der Waals surface area contributed by atoms with Crippen LogP contribution < -0.4 is 5.32 Å². The fraction of sp³-hybridized carbons (Fsp3) is 0.600. The van der Waals surface area contributed by atoms with Crippen LogP contribution in [0.4, 0.5) is 5.69 Å². The molecule has 26 heavy (non-hydrogen) atoms. The number of esters is 1. The molecule has 0 bridgehead atoms. The minimum Gasteiger partial charge on any atom is -0.459 e. The predicted octanol–water partition coefficient (Wildman–Crippen LogP) is 3.08. The van der Waals surface area contributed by atoms with Crippen LogP contribution in [0.2, 0.25) is 0 Å². The first kappa shape index (κ1) is 20.4. The SMILES string of the molecule is CCOC1CCCN(C(C)C(=O)Nc2ccc(C(=O)OC(C)C)cc2)C1. The van der Waals surface area contributed by atoms with Gasteiger partial charge in [0.1, 0.15) is 0 Å². The Morgan fingerprint density at radius 2 is 1.92 bits per heavy atom. The van der Waals surface area contributed by atoms with Crippen LogP contribution in [-0.2, 0) is 14.3 Å². The third kappa shape index (κ3) is 5.81. The van der Waals surface area contributed by atoms with Gasteiger partial charge >= 0.3 is 5.97 Å². The Bertz CT molecular complexity index is 598. The van der Waals surface area contributed by atoms with E-state index < -0.39 is 0 Å². The minimum absolute atomic E-state index is 0.0559. The average Bonchev–Trinajstić information content (AvgIpc) is 2.61. The molecule has 1 saturated heterocycles. The summed E-state index contributed by atoms with van der Waals surface area (Å²) in [6, 6.07) is 6.54. The smallest absolute Gasteiger partial charge is 0.338 e. The van der Waals surface area contributed by atoms with Crippen molar-refractivity contribution in [2.45, 2.75) is 58.8 Å². The number of piperidine rings is 1. The molecule has 1 heterocycles. The van der Waals surface area contributed by atoms with Gasteiger partial charge in [-0.25, -0.2) is 4.79 Å². The third-order valence-electron chi connectivity index (χ3n) is 4.47. The first-order chi connectivity index (χ1) is 12.4. The van der Waals surface area contributed by atoms with Crippen LogP contribution in [0.3, 0.4) is 0 Å². The molecular formula is C20H30N2O4. The summed E-state index contributed by atoms with van der Waals surface area (Å²) in [7, 11) is 0. The van der Waals surface area contributed by atoms with E-state index in [9.17, 15) is 9.59 Å². The number of anilines is 1. The highest BCUT2D eigenvalue weighted by molar-refractivity contribution is 5.95. The molecule has 2 unspecified atom stereocenters. The highest BCUT2D eigenvalue weighted by Crippen LogP contribution is 2.17. The maximum absolute atomic E-state index is 12.6. The van der Waals surface area contributed by atoms with Crippen molar-refractivity contribution >= 4 is 17.6 Å². The van der Waals surface area contributed by atoms with Crippen LogP contribution >= 0.6 is 0 Å². The Hall–Kier alpha value is -1.92. The van der Waals surface area contributed by atoms with Crippen LogP contribution in [0.25, 0.3) is 0 Å². The Labute approximate surface area is 155 Å². The molecule has 1 aliphatic heterocycles. The normalized spacial score (nSPS) is 19.2. The minimum atomic E-state index is -0.360. The van der Waals surface area contributed by atoms with Gasteiger partial charge in [-0.1, -0.05) is 0 Å². The Balaban J connectivity index is 1.91. The highest BCUT2D eigenvalue weighted by atomic mass is 16.5. The lowest BCUT2D eigenvalue weighted by molar-refractivity contribution is -0.122. The van der Waals surface area contributed by atoms with E-state index in [2.05, 4.69) is 10.2 Å². The van der Waals surface area contributed by atoms with Crippen molar-refractivity contribution in [3.8, 4) is 0 Å². The van der Waals surface area contributed by atoms with Gasteiger partial charge in [-0.15, -0.1) is 0 Å². The molecule has 6 nitrogen and oxygen atoms in total. The molecule has 0 saturated carbocycles. The molecular weight excluding hydrogens is 332 g/mol. The van der Waals surface area contributed by atoms with E-state index in [0.29, 0.717) is 17.9 Å². The summed E-state index contributed by atoms with van der Waals surface area (Å²) in [6.45, 7) is 9.91. The van der Waals surface area contributed by atoms with Gasteiger partial charge in [-0.3, -0.25) is 9.69 Å². The number of hydrogen-bond acceptors (Lipinski definition) is 5. The van der Waals surface area contributed by atoms with Gasteiger partial charge in [-0.2, -0.15) is 0 Å².